The van der Waals surface area contributed by atoms with E-state index in [4.69, 9.17) is 27.9 Å². The molecule has 0 aliphatic carbocycles. The smallest absolute Gasteiger partial charge is 0.330 e. The number of esters is 1. The molecule has 1 aliphatic rings. The van der Waals surface area contributed by atoms with Gasteiger partial charge in [-0.2, -0.15) is 0 Å². The summed E-state index contributed by atoms with van der Waals surface area (Å²) in [7, 11) is 0. The molecular weight excluding hydrogens is 474 g/mol. The van der Waals surface area contributed by atoms with Gasteiger partial charge in [0.2, 0.25) is 0 Å². The number of hydrogen-bond donors (Lipinski definition) is 1. The van der Waals surface area contributed by atoms with E-state index in [1.165, 1.54) is 11.6 Å². The highest BCUT2D eigenvalue weighted by Gasteiger charge is 2.40. The molecule has 0 radical (unpaired) electrons. The Kier molecular flexibility index (Phi) is 7.09. The number of nitrogens with one attached hydrogen (secondary N) is 1. The molecule has 4 nitrogen and oxygen atoms in total. The van der Waals surface area contributed by atoms with Gasteiger partial charge in [-0.1, -0.05) is 41.4 Å². The third-order valence-corrected chi connectivity index (χ3v) is 6.77. The van der Waals surface area contributed by atoms with Crippen LogP contribution in [-0.2, 0) is 16.0 Å². The van der Waals surface area contributed by atoms with Crippen LogP contribution in [0.3, 0.4) is 0 Å². The number of para-hydroxylation sites is 1. The number of halogens is 3. The summed E-state index contributed by atoms with van der Waals surface area (Å²) in [5.41, 5.74) is 3.23. The average Bonchev–Trinajstić information content (AvgIpc) is 3.11. The number of hydrogen-bond acceptors (Lipinski definition) is 3. The number of rotatable bonds is 6. The molecular formula is C27H29Cl2FN2O2. The molecule has 7 heteroatoms. The van der Waals surface area contributed by atoms with Gasteiger partial charge in [-0.25, -0.2) is 9.18 Å². The number of aromatic nitrogens is 1. The number of benzene rings is 2. The summed E-state index contributed by atoms with van der Waals surface area (Å²) in [5, 5.41) is 2.08. The van der Waals surface area contributed by atoms with Gasteiger partial charge < -0.3 is 9.72 Å². The van der Waals surface area contributed by atoms with Gasteiger partial charge in [0, 0.05) is 50.9 Å². The molecule has 1 aromatic heterocycles. The zero-order chi connectivity index (χ0) is 24.6. The first-order valence-electron chi connectivity index (χ1n) is 11.5. The molecule has 3 aromatic rings. The van der Waals surface area contributed by atoms with E-state index >= 15 is 0 Å². The van der Waals surface area contributed by atoms with Crippen molar-refractivity contribution in [2.75, 3.05) is 13.2 Å². The standard InChI is InChI=1S/C27H29Cl2FN2O2/c1-5-34-23(33)11-10-17-13-20(28)24(21(29)14-17)26-25-19(18-8-6-7-9-22(18)31-25)12-16(2)32(26)15-27(3,4)30/h6-11,13-14,16,26,31H,5,12,15H2,1-4H3/b11-10+/t16-,26-/m1/s1. The SMILES string of the molecule is CCOC(=O)/C=C/c1cc(Cl)c([C@@H]2c3[nH]c4ccccc4c3C[C@@H](C)N2CC(C)(C)F)c(Cl)c1. The van der Waals surface area contributed by atoms with Gasteiger partial charge in [0.15, 0.2) is 0 Å². The van der Waals surface area contributed by atoms with E-state index in [0.29, 0.717) is 22.2 Å². The van der Waals surface area contributed by atoms with Crippen molar-refractivity contribution in [3.05, 3.63) is 74.9 Å². The Morgan fingerprint density at radius 3 is 2.59 bits per heavy atom. The average molecular weight is 503 g/mol. The fourth-order valence-corrected chi connectivity index (χ4v) is 5.53. The van der Waals surface area contributed by atoms with Crippen LogP contribution in [-0.4, -0.2) is 40.7 Å². The van der Waals surface area contributed by atoms with Crippen molar-refractivity contribution in [3.63, 3.8) is 0 Å². The monoisotopic (exact) mass is 502 g/mol. The lowest BCUT2D eigenvalue weighted by atomic mass is 9.87. The molecule has 0 unspecified atom stereocenters. The number of ether oxygens (including phenoxy) is 1. The van der Waals surface area contributed by atoms with Gasteiger partial charge >= 0.3 is 5.97 Å². The quantitative estimate of drug-likeness (QED) is 0.287. The lowest BCUT2D eigenvalue weighted by molar-refractivity contribution is -0.137. The molecule has 2 aromatic carbocycles. The predicted octanol–water partition coefficient (Wildman–Crippen LogP) is 7.14. The van der Waals surface area contributed by atoms with Crippen molar-refractivity contribution in [1.82, 2.24) is 9.88 Å². The van der Waals surface area contributed by atoms with E-state index in [0.717, 1.165) is 28.6 Å². The summed E-state index contributed by atoms with van der Waals surface area (Å²) in [6.45, 7) is 7.57. The highest BCUT2D eigenvalue weighted by Crippen LogP contribution is 2.46. The number of H-pyrrole nitrogens is 1. The van der Waals surface area contributed by atoms with Crippen LogP contribution in [0.1, 0.15) is 56.1 Å². The Balaban J connectivity index is 1.85. The molecule has 180 valence electrons. The molecule has 0 spiro atoms. The van der Waals surface area contributed by atoms with E-state index < -0.39 is 11.6 Å². The predicted molar refractivity (Wildman–Crippen MR) is 137 cm³/mol. The molecule has 0 saturated carbocycles. The second-order valence-corrected chi connectivity index (χ2v) is 10.2. The van der Waals surface area contributed by atoms with Crippen LogP contribution in [0.25, 0.3) is 17.0 Å². The first-order chi connectivity index (χ1) is 16.1. The summed E-state index contributed by atoms with van der Waals surface area (Å²) in [6, 6.07) is 11.5. The number of carbonyl (C=O) groups excluding carboxylic acids is 1. The van der Waals surface area contributed by atoms with Gasteiger partial charge in [0.05, 0.1) is 12.6 Å². The van der Waals surface area contributed by atoms with Crippen molar-refractivity contribution in [2.45, 2.75) is 51.9 Å². The Labute approximate surface area is 209 Å². The molecule has 2 atom stereocenters. The highest BCUT2D eigenvalue weighted by atomic mass is 35.5. The molecule has 0 fully saturated rings. The van der Waals surface area contributed by atoms with Crippen molar-refractivity contribution >= 4 is 46.2 Å². The van der Waals surface area contributed by atoms with Gasteiger partial charge in [-0.05, 0) is 69.5 Å². The van der Waals surface area contributed by atoms with Crippen molar-refractivity contribution < 1.29 is 13.9 Å². The zero-order valence-electron chi connectivity index (χ0n) is 19.8. The van der Waals surface area contributed by atoms with Crippen molar-refractivity contribution in [1.29, 1.82) is 0 Å². The van der Waals surface area contributed by atoms with Gasteiger partial charge in [0.25, 0.3) is 0 Å². The lowest BCUT2D eigenvalue weighted by Gasteiger charge is -2.43. The minimum atomic E-state index is -1.41. The summed E-state index contributed by atoms with van der Waals surface area (Å²) in [6.07, 6.45) is 3.77. The maximum Gasteiger partial charge on any atom is 0.330 e. The van der Waals surface area contributed by atoms with Crippen molar-refractivity contribution in [2.24, 2.45) is 0 Å². The van der Waals surface area contributed by atoms with E-state index in [1.54, 1.807) is 39.0 Å². The molecule has 1 aliphatic heterocycles. The minimum Gasteiger partial charge on any atom is -0.463 e. The van der Waals surface area contributed by atoms with E-state index in [9.17, 15) is 9.18 Å². The minimum absolute atomic E-state index is 0.0715. The fourth-order valence-electron chi connectivity index (χ4n) is 4.81. The summed E-state index contributed by atoms with van der Waals surface area (Å²) < 4.78 is 19.9. The molecule has 2 heterocycles. The number of fused-ring (bicyclic) bond motifs is 3. The van der Waals surface area contributed by atoms with Crippen LogP contribution in [0.15, 0.2) is 42.5 Å². The highest BCUT2D eigenvalue weighted by molar-refractivity contribution is 6.36. The number of alkyl halides is 1. The number of nitrogens with zero attached hydrogens (tertiary/aromatic N) is 1. The third-order valence-electron chi connectivity index (χ3n) is 6.15. The Morgan fingerprint density at radius 2 is 1.94 bits per heavy atom. The normalized spacial score (nSPS) is 19.0. The van der Waals surface area contributed by atoms with Crippen LogP contribution in [0.4, 0.5) is 4.39 Å². The maximum absolute atomic E-state index is 14.9. The molecule has 34 heavy (non-hydrogen) atoms. The first kappa shape index (κ1) is 24.8. The molecule has 0 amide bonds. The van der Waals surface area contributed by atoms with Crippen LogP contribution in [0.5, 0.6) is 0 Å². The topological polar surface area (TPSA) is 45.3 Å². The summed E-state index contributed by atoms with van der Waals surface area (Å²) >= 11 is 13.7. The van der Waals surface area contributed by atoms with Crippen molar-refractivity contribution in [3.8, 4) is 0 Å². The maximum atomic E-state index is 14.9. The third kappa shape index (κ3) is 5.02. The number of carbonyl (C=O) groups is 1. The Hall–Kier alpha value is -2.34. The first-order valence-corrected chi connectivity index (χ1v) is 12.2. The second-order valence-electron chi connectivity index (χ2n) is 9.39. The van der Waals surface area contributed by atoms with Gasteiger partial charge in [-0.3, -0.25) is 4.90 Å². The van der Waals surface area contributed by atoms with Crippen LogP contribution < -0.4 is 0 Å². The zero-order valence-corrected chi connectivity index (χ0v) is 21.3. The second kappa shape index (κ2) is 9.73. The van der Waals surface area contributed by atoms with Gasteiger partial charge in [-0.15, -0.1) is 0 Å². The van der Waals surface area contributed by atoms with Crippen LogP contribution in [0, 0.1) is 0 Å². The summed E-state index contributed by atoms with van der Waals surface area (Å²) in [5.74, 6) is -0.431. The van der Waals surface area contributed by atoms with Crippen LogP contribution in [0.2, 0.25) is 10.0 Å². The Bertz CT molecular complexity index is 1220. The van der Waals surface area contributed by atoms with E-state index in [1.807, 2.05) is 18.2 Å². The molecule has 4 rings (SSSR count). The Morgan fingerprint density at radius 1 is 1.26 bits per heavy atom. The lowest BCUT2D eigenvalue weighted by Crippen LogP contribution is -2.48. The van der Waals surface area contributed by atoms with Gasteiger partial charge in [0.1, 0.15) is 5.67 Å². The number of aromatic amines is 1. The van der Waals surface area contributed by atoms with E-state index in [-0.39, 0.29) is 18.6 Å². The molecule has 1 N–H and O–H groups in total. The fraction of sp³-hybridized carbons (Fsp3) is 0.370. The molecule has 0 bridgehead atoms. The largest absolute Gasteiger partial charge is 0.463 e. The van der Waals surface area contributed by atoms with Crippen LogP contribution >= 0.6 is 23.2 Å². The summed E-state index contributed by atoms with van der Waals surface area (Å²) in [4.78, 5) is 17.4. The van der Waals surface area contributed by atoms with E-state index in [2.05, 4.69) is 22.9 Å². The molecule has 0 saturated heterocycles.